The van der Waals surface area contributed by atoms with Crippen LogP contribution in [0.15, 0.2) is 18.2 Å². The van der Waals surface area contributed by atoms with E-state index in [0.717, 1.165) is 42.0 Å². The van der Waals surface area contributed by atoms with Crippen LogP contribution >= 0.6 is 0 Å². The number of amides is 1. The fraction of sp³-hybridized carbons (Fsp3) is 0.696. The minimum absolute atomic E-state index is 0.126. The number of benzene rings is 1. The molecule has 4 fully saturated rings. The lowest BCUT2D eigenvalue weighted by Crippen LogP contribution is -2.51. The Labute approximate surface area is 158 Å². The van der Waals surface area contributed by atoms with Crippen LogP contribution in [0.5, 0.6) is 0 Å². The monoisotopic (exact) mass is 354 g/mol. The zero-order valence-corrected chi connectivity index (χ0v) is 16.7. The van der Waals surface area contributed by atoms with Crippen molar-refractivity contribution < 1.29 is 4.79 Å². The second-order valence-electron chi connectivity index (χ2n) is 9.60. The molecule has 4 bridgehead atoms. The molecule has 3 heteroatoms. The maximum atomic E-state index is 12.7. The summed E-state index contributed by atoms with van der Waals surface area (Å²) < 4.78 is 0. The van der Waals surface area contributed by atoms with E-state index in [2.05, 4.69) is 49.3 Å². The predicted octanol–water partition coefficient (Wildman–Crippen LogP) is 4.64. The molecule has 0 heterocycles. The molecule has 4 saturated carbocycles. The molecule has 0 atom stereocenters. The summed E-state index contributed by atoms with van der Waals surface area (Å²) >= 11 is 0. The predicted molar refractivity (Wildman–Crippen MR) is 107 cm³/mol. The smallest absolute Gasteiger partial charge is 0.238 e. The largest absolute Gasteiger partial charge is 0.324 e. The van der Waals surface area contributed by atoms with Gasteiger partial charge >= 0.3 is 0 Å². The Morgan fingerprint density at radius 1 is 1.15 bits per heavy atom. The first-order chi connectivity index (χ1) is 12.5. The van der Waals surface area contributed by atoms with Crippen LogP contribution in [-0.2, 0) is 11.2 Å². The lowest BCUT2D eigenvalue weighted by Gasteiger charge is -2.57. The number of rotatable bonds is 6. The van der Waals surface area contributed by atoms with Crippen molar-refractivity contribution >= 4 is 11.6 Å². The fourth-order valence-corrected chi connectivity index (χ4v) is 6.74. The molecule has 142 valence electrons. The third kappa shape index (κ3) is 3.55. The molecular formula is C23H34N2O. The Hall–Kier alpha value is -1.35. The van der Waals surface area contributed by atoms with Crippen molar-refractivity contribution in [2.24, 2.45) is 23.2 Å². The molecule has 0 aliphatic heterocycles. The molecule has 5 rings (SSSR count). The van der Waals surface area contributed by atoms with Gasteiger partial charge in [-0.3, -0.25) is 9.69 Å². The zero-order valence-electron chi connectivity index (χ0n) is 16.7. The van der Waals surface area contributed by atoms with Crippen molar-refractivity contribution in [3.8, 4) is 0 Å². The lowest BCUT2D eigenvalue weighted by molar-refractivity contribution is -0.118. The van der Waals surface area contributed by atoms with Crippen LogP contribution in [0.2, 0.25) is 0 Å². The highest BCUT2D eigenvalue weighted by molar-refractivity contribution is 5.93. The highest BCUT2D eigenvalue weighted by Gasteiger charge is 2.51. The summed E-state index contributed by atoms with van der Waals surface area (Å²) in [5, 5.41) is 3.19. The van der Waals surface area contributed by atoms with Gasteiger partial charge in [0.15, 0.2) is 0 Å². The molecule has 26 heavy (non-hydrogen) atoms. The summed E-state index contributed by atoms with van der Waals surface area (Å²) in [7, 11) is 2.14. The van der Waals surface area contributed by atoms with Crippen molar-refractivity contribution in [1.82, 2.24) is 4.90 Å². The van der Waals surface area contributed by atoms with E-state index in [1.807, 2.05) is 0 Å². The Kier molecular flexibility index (Phi) is 4.85. The van der Waals surface area contributed by atoms with E-state index in [1.54, 1.807) is 0 Å². The summed E-state index contributed by atoms with van der Waals surface area (Å²) in [6, 6.07) is 6.26. The highest BCUT2D eigenvalue weighted by atomic mass is 16.2. The second-order valence-corrected chi connectivity index (χ2v) is 9.60. The lowest BCUT2D eigenvalue weighted by atomic mass is 9.49. The number of anilines is 1. The number of nitrogens with one attached hydrogen (secondary N) is 1. The summed E-state index contributed by atoms with van der Waals surface area (Å²) in [4.78, 5) is 15.0. The fourth-order valence-electron chi connectivity index (χ4n) is 6.74. The van der Waals surface area contributed by atoms with Crippen molar-refractivity contribution in [3.05, 3.63) is 29.3 Å². The molecule has 0 radical (unpaired) electrons. The Morgan fingerprint density at radius 3 is 2.35 bits per heavy atom. The molecule has 0 unspecified atom stereocenters. The first kappa shape index (κ1) is 18.0. The minimum atomic E-state index is 0.126. The molecule has 0 aromatic heterocycles. The molecule has 0 saturated heterocycles. The van der Waals surface area contributed by atoms with Crippen molar-refractivity contribution in [3.63, 3.8) is 0 Å². The maximum absolute atomic E-state index is 12.7. The molecule has 3 nitrogen and oxygen atoms in total. The van der Waals surface area contributed by atoms with E-state index in [-0.39, 0.29) is 5.91 Å². The Morgan fingerprint density at radius 2 is 1.77 bits per heavy atom. The van der Waals surface area contributed by atoms with Gasteiger partial charge < -0.3 is 5.32 Å². The molecule has 0 spiro atoms. The van der Waals surface area contributed by atoms with Gasteiger partial charge in [0.25, 0.3) is 0 Å². The van der Waals surface area contributed by atoms with Crippen LogP contribution in [0, 0.1) is 30.1 Å². The van der Waals surface area contributed by atoms with Crippen molar-refractivity contribution in [1.29, 1.82) is 0 Å². The third-order valence-electron chi connectivity index (χ3n) is 7.19. The van der Waals surface area contributed by atoms with Crippen LogP contribution in [0.1, 0.15) is 56.6 Å². The highest BCUT2D eigenvalue weighted by Crippen LogP contribution is 2.60. The number of aryl methyl sites for hydroxylation is 2. The first-order valence-electron chi connectivity index (χ1n) is 10.5. The third-order valence-corrected chi connectivity index (χ3v) is 7.19. The molecule has 1 N–H and O–H groups in total. The average Bonchev–Trinajstić information content (AvgIpc) is 2.54. The Balaban J connectivity index is 1.37. The van der Waals surface area contributed by atoms with Crippen LogP contribution in [0.3, 0.4) is 0 Å². The average molecular weight is 355 g/mol. The van der Waals surface area contributed by atoms with Crippen LogP contribution < -0.4 is 5.32 Å². The molecule has 4 aliphatic carbocycles. The maximum Gasteiger partial charge on any atom is 0.238 e. The van der Waals surface area contributed by atoms with Gasteiger partial charge in [-0.25, -0.2) is 0 Å². The van der Waals surface area contributed by atoms with Gasteiger partial charge in [0, 0.05) is 12.2 Å². The molecule has 1 amide bonds. The van der Waals surface area contributed by atoms with Crippen LogP contribution in [0.4, 0.5) is 5.69 Å². The topological polar surface area (TPSA) is 32.3 Å². The number of hydrogen-bond acceptors (Lipinski definition) is 2. The Bertz CT molecular complexity index is 646. The van der Waals surface area contributed by atoms with Gasteiger partial charge in [0.05, 0.1) is 6.54 Å². The summed E-state index contributed by atoms with van der Waals surface area (Å²) in [6.45, 7) is 5.81. The van der Waals surface area contributed by atoms with E-state index in [0.29, 0.717) is 12.0 Å². The van der Waals surface area contributed by atoms with Crippen LogP contribution in [0.25, 0.3) is 0 Å². The standard InChI is InChI=1S/C23H34N2O/c1-4-20-7-5-6-16(2)22(20)24-21(26)14-25(3)15-23-11-17-8-18(12-23)10-19(9-17)13-23/h5-7,17-19H,4,8-15H2,1-3H3,(H,24,26). The normalized spacial score (nSPS) is 32.2. The summed E-state index contributed by atoms with van der Waals surface area (Å²) in [5.41, 5.74) is 3.90. The van der Waals surface area contributed by atoms with Gasteiger partial charge in [-0.05, 0) is 93.2 Å². The van der Waals surface area contributed by atoms with Gasteiger partial charge in [0.2, 0.25) is 5.91 Å². The molecule has 1 aromatic carbocycles. The van der Waals surface area contributed by atoms with Gasteiger partial charge in [0.1, 0.15) is 0 Å². The summed E-state index contributed by atoms with van der Waals surface area (Å²) in [5.74, 6) is 3.05. The van der Waals surface area contributed by atoms with Crippen LogP contribution in [-0.4, -0.2) is 30.9 Å². The van der Waals surface area contributed by atoms with Crippen molar-refractivity contribution in [2.75, 3.05) is 25.5 Å². The first-order valence-corrected chi connectivity index (χ1v) is 10.5. The number of carbonyl (C=O) groups is 1. The summed E-state index contributed by atoms with van der Waals surface area (Å²) in [6.07, 6.45) is 9.61. The quantitative estimate of drug-likeness (QED) is 0.807. The van der Waals surface area contributed by atoms with E-state index in [9.17, 15) is 4.79 Å². The SMILES string of the molecule is CCc1cccc(C)c1NC(=O)CN(C)CC12CC3CC(CC(C3)C1)C2. The second kappa shape index (κ2) is 6.99. The van der Waals surface area contributed by atoms with Gasteiger partial charge in [-0.1, -0.05) is 25.1 Å². The molecule has 4 aliphatic rings. The molecular weight excluding hydrogens is 320 g/mol. The zero-order chi connectivity index (χ0) is 18.3. The van der Waals surface area contributed by atoms with E-state index < -0.39 is 0 Å². The number of likely N-dealkylation sites (N-methyl/N-ethyl adjacent to an activating group) is 1. The van der Waals surface area contributed by atoms with E-state index in [1.165, 1.54) is 44.1 Å². The number of carbonyl (C=O) groups excluding carboxylic acids is 1. The van der Waals surface area contributed by atoms with Gasteiger partial charge in [-0.15, -0.1) is 0 Å². The van der Waals surface area contributed by atoms with Gasteiger partial charge in [-0.2, -0.15) is 0 Å². The number of nitrogens with zero attached hydrogens (tertiary/aromatic N) is 1. The molecule has 1 aromatic rings. The van der Waals surface area contributed by atoms with Crippen molar-refractivity contribution in [2.45, 2.75) is 58.8 Å². The number of hydrogen-bond donors (Lipinski definition) is 1. The van der Waals surface area contributed by atoms with E-state index >= 15 is 0 Å². The number of para-hydroxylation sites is 1. The minimum Gasteiger partial charge on any atom is -0.324 e. The van der Waals surface area contributed by atoms with E-state index in [4.69, 9.17) is 0 Å².